The summed E-state index contributed by atoms with van der Waals surface area (Å²) in [6.07, 6.45) is 2.74. The van der Waals surface area contributed by atoms with E-state index in [-0.39, 0.29) is 0 Å². The van der Waals surface area contributed by atoms with Crippen molar-refractivity contribution in [1.82, 2.24) is 15.1 Å². The first kappa shape index (κ1) is 16.9. The maximum absolute atomic E-state index is 3.57. The summed E-state index contributed by atoms with van der Waals surface area (Å²) in [5, 5.41) is 3.57. The fourth-order valence-electron chi connectivity index (χ4n) is 3.01. The molecule has 0 aromatic rings. The smallest absolute Gasteiger partial charge is 0.0105 e. The van der Waals surface area contributed by atoms with Gasteiger partial charge in [0.2, 0.25) is 0 Å². The Labute approximate surface area is 120 Å². The van der Waals surface area contributed by atoms with Crippen molar-refractivity contribution in [2.45, 2.75) is 52.6 Å². The first-order valence-electron chi connectivity index (χ1n) is 8.02. The zero-order valence-electron chi connectivity index (χ0n) is 13.9. The summed E-state index contributed by atoms with van der Waals surface area (Å²) in [6.45, 7) is 14.2. The first-order valence-corrected chi connectivity index (χ1v) is 8.02. The lowest BCUT2D eigenvalue weighted by Gasteiger charge is -2.39. The number of rotatable bonds is 7. The van der Waals surface area contributed by atoms with Crippen molar-refractivity contribution in [1.29, 1.82) is 0 Å². The predicted octanol–water partition coefficient (Wildman–Crippen LogP) is 2.28. The van der Waals surface area contributed by atoms with E-state index in [1.807, 2.05) is 0 Å². The zero-order chi connectivity index (χ0) is 14.4. The van der Waals surface area contributed by atoms with Crippen LogP contribution in [0, 0.1) is 11.8 Å². The molecule has 3 heteroatoms. The van der Waals surface area contributed by atoms with E-state index in [2.05, 4.69) is 56.9 Å². The molecule has 0 spiro atoms. The molecule has 1 fully saturated rings. The first-order chi connectivity index (χ1) is 8.90. The lowest BCUT2D eigenvalue weighted by molar-refractivity contribution is 0.0993. The molecule has 0 radical (unpaired) electrons. The average molecular weight is 269 g/mol. The van der Waals surface area contributed by atoms with Crippen LogP contribution >= 0.6 is 0 Å². The number of nitrogens with zero attached hydrogens (tertiary/aromatic N) is 2. The molecule has 1 N–H and O–H groups in total. The summed E-state index contributed by atoms with van der Waals surface area (Å²) in [7, 11) is 4.38. The third kappa shape index (κ3) is 6.24. The van der Waals surface area contributed by atoms with Gasteiger partial charge in [-0.1, -0.05) is 20.8 Å². The summed E-state index contributed by atoms with van der Waals surface area (Å²) in [5.41, 5.74) is 0. The molecule has 1 heterocycles. The minimum Gasteiger partial charge on any atom is -0.314 e. The van der Waals surface area contributed by atoms with Crippen molar-refractivity contribution in [2.24, 2.45) is 11.8 Å². The number of hydrogen-bond acceptors (Lipinski definition) is 3. The second-order valence-electron chi connectivity index (χ2n) is 7.02. The number of piperidine rings is 1. The Bertz CT molecular complexity index is 232. The molecule has 0 bridgehead atoms. The van der Waals surface area contributed by atoms with Crippen LogP contribution < -0.4 is 5.32 Å². The second-order valence-corrected chi connectivity index (χ2v) is 7.02. The van der Waals surface area contributed by atoms with Crippen LogP contribution in [0.2, 0.25) is 0 Å². The van der Waals surface area contributed by atoms with Crippen LogP contribution in [0.4, 0.5) is 0 Å². The van der Waals surface area contributed by atoms with Crippen LogP contribution in [0.25, 0.3) is 0 Å². The molecule has 3 nitrogen and oxygen atoms in total. The van der Waals surface area contributed by atoms with E-state index in [1.165, 1.54) is 32.5 Å². The Kier molecular flexibility index (Phi) is 7.33. The van der Waals surface area contributed by atoms with E-state index in [0.717, 1.165) is 18.4 Å². The normalized spacial score (nSPS) is 22.1. The van der Waals surface area contributed by atoms with Crippen molar-refractivity contribution in [2.75, 3.05) is 40.3 Å². The molecule has 114 valence electrons. The van der Waals surface area contributed by atoms with E-state index >= 15 is 0 Å². The third-order valence-corrected chi connectivity index (χ3v) is 4.52. The van der Waals surface area contributed by atoms with Gasteiger partial charge in [0.15, 0.2) is 0 Å². The van der Waals surface area contributed by atoms with Gasteiger partial charge in [-0.2, -0.15) is 0 Å². The van der Waals surface area contributed by atoms with Gasteiger partial charge in [-0.05, 0) is 65.3 Å². The highest BCUT2D eigenvalue weighted by Gasteiger charge is 2.25. The molecule has 2 unspecified atom stereocenters. The Morgan fingerprint density at radius 2 is 1.68 bits per heavy atom. The molecule has 1 aliphatic rings. The van der Waals surface area contributed by atoms with E-state index in [4.69, 9.17) is 0 Å². The maximum Gasteiger partial charge on any atom is 0.0105 e. The van der Waals surface area contributed by atoms with Crippen molar-refractivity contribution in [3.05, 3.63) is 0 Å². The minimum atomic E-state index is 0.598. The average Bonchev–Trinajstić information content (AvgIpc) is 2.35. The van der Waals surface area contributed by atoms with Gasteiger partial charge < -0.3 is 15.1 Å². The van der Waals surface area contributed by atoms with Crippen LogP contribution in [0.5, 0.6) is 0 Å². The molecule has 0 aliphatic carbocycles. The topological polar surface area (TPSA) is 18.5 Å². The largest absolute Gasteiger partial charge is 0.314 e. The summed E-state index contributed by atoms with van der Waals surface area (Å²) >= 11 is 0. The van der Waals surface area contributed by atoms with Gasteiger partial charge in [0.25, 0.3) is 0 Å². The molecule has 0 amide bonds. The van der Waals surface area contributed by atoms with E-state index in [9.17, 15) is 0 Å². The lowest BCUT2D eigenvalue weighted by atomic mass is 9.93. The van der Waals surface area contributed by atoms with Crippen LogP contribution in [0.3, 0.4) is 0 Å². The van der Waals surface area contributed by atoms with Gasteiger partial charge in [-0.3, -0.25) is 0 Å². The van der Waals surface area contributed by atoms with Crippen molar-refractivity contribution in [3.8, 4) is 0 Å². The van der Waals surface area contributed by atoms with Gasteiger partial charge in [-0.15, -0.1) is 0 Å². The number of hydrogen-bond donors (Lipinski definition) is 1. The van der Waals surface area contributed by atoms with Crippen LogP contribution in [-0.4, -0.2) is 62.2 Å². The van der Waals surface area contributed by atoms with Crippen LogP contribution in [0.15, 0.2) is 0 Å². The Balaban J connectivity index is 2.29. The summed E-state index contributed by atoms with van der Waals surface area (Å²) in [4.78, 5) is 5.03. The molecular weight excluding hydrogens is 234 g/mol. The summed E-state index contributed by atoms with van der Waals surface area (Å²) < 4.78 is 0. The van der Waals surface area contributed by atoms with E-state index in [0.29, 0.717) is 12.1 Å². The standard InChI is InChI=1S/C16H35N3/c1-13(2)17-11-14(3)15(4)19-9-7-16(8-10-19)12-18(5)6/h13-17H,7-12H2,1-6H3. The summed E-state index contributed by atoms with van der Waals surface area (Å²) in [5.74, 6) is 1.63. The van der Waals surface area contributed by atoms with Gasteiger partial charge in [0.1, 0.15) is 0 Å². The monoisotopic (exact) mass is 269 g/mol. The molecule has 1 saturated heterocycles. The Morgan fingerprint density at radius 1 is 1.11 bits per heavy atom. The van der Waals surface area contributed by atoms with Crippen molar-refractivity contribution < 1.29 is 0 Å². The Hall–Kier alpha value is -0.120. The molecule has 0 aromatic carbocycles. The molecule has 0 aromatic heterocycles. The number of likely N-dealkylation sites (tertiary alicyclic amines) is 1. The quantitative estimate of drug-likeness (QED) is 0.765. The van der Waals surface area contributed by atoms with Gasteiger partial charge >= 0.3 is 0 Å². The molecule has 1 rings (SSSR count). The van der Waals surface area contributed by atoms with Crippen LogP contribution in [-0.2, 0) is 0 Å². The highest BCUT2D eigenvalue weighted by atomic mass is 15.2. The number of nitrogens with one attached hydrogen (secondary N) is 1. The van der Waals surface area contributed by atoms with Gasteiger partial charge in [0.05, 0.1) is 0 Å². The highest BCUT2D eigenvalue weighted by molar-refractivity contribution is 4.80. The molecule has 2 atom stereocenters. The minimum absolute atomic E-state index is 0.598. The maximum atomic E-state index is 3.57. The van der Waals surface area contributed by atoms with Crippen LogP contribution in [0.1, 0.15) is 40.5 Å². The van der Waals surface area contributed by atoms with Gasteiger partial charge in [-0.25, -0.2) is 0 Å². The summed E-state index contributed by atoms with van der Waals surface area (Å²) in [6, 6.07) is 1.30. The fraction of sp³-hybridized carbons (Fsp3) is 1.00. The van der Waals surface area contributed by atoms with E-state index in [1.54, 1.807) is 0 Å². The molecule has 19 heavy (non-hydrogen) atoms. The van der Waals surface area contributed by atoms with Gasteiger partial charge in [0, 0.05) is 18.6 Å². The molecule has 1 aliphatic heterocycles. The van der Waals surface area contributed by atoms with E-state index < -0.39 is 0 Å². The molecular formula is C16H35N3. The highest BCUT2D eigenvalue weighted by Crippen LogP contribution is 2.22. The lowest BCUT2D eigenvalue weighted by Crippen LogP contribution is -2.46. The van der Waals surface area contributed by atoms with Crippen molar-refractivity contribution >= 4 is 0 Å². The Morgan fingerprint density at radius 3 is 2.16 bits per heavy atom. The molecule has 0 saturated carbocycles. The zero-order valence-corrected chi connectivity index (χ0v) is 13.9. The second kappa shape index (κ2) is 8.23. The third-order valence-electron chi connectivity index (χ3n) is 4.52. The SMILES string of the molecule is CC(C)NCC(C)C(C)N1CCC(CN(C)C)CC1. The predicted molar refractivity (Wildman–Crippen MR) is 84.6 cm³/mol. The fourth-order valence-corrected chi connectivity index (χ4v) is 3.01. The van der Waals surface area contributed by atoms with Crippen molar-refractivity contribution in [3.63, 3.8) is 0 Å².